The summed E-state index contributed by atoms with van der Waals surface area (Å²) < 4.78 is 0. The van der Waals surface area contributed by atoms with Crippen LogP contribution in [0, 0.1) is 0 Å². The summed E-state index contributed by atoms with van der Waals surface area (Å²) in [6.07, 6.45) is 4.01. The van der Waals surface area contributed by atoms with Gasteiger partial charge in [-0.1, -0.05) is 42.3 Å². The quantitative estimate of drug-likeness (QED) is 0.689. The van der Waals surface area contributed by atoms with Gasteiger partial charge in [-0.05, 0) is 30.2 Å². The number of aryl methyl sites for hydroxylation is 1. The molecule has 0 fully saturated rings. The highest BCUT2D eigenvalue weighted by Gasteiger charge is 2.05. The average Bonchev–Trinajstić information content (AvgIpc) is 2.49. The van der Waals surface area contributed by atoms with Crippen LogP contribution in [0.5, 0.6) is 0 Å². The van der Waals surface area contributed by atoms with E-state index in [4.69, 9.17) is 23.2 Å². The van der Waals surface area contributed by atoms with Crippen molar-refractivity contribution in [3.8, 4) is 0 Å². The van der Waals surface area contributed by atoms with Crippen LogP contribution in [0.2, 0.25) is 10.0 Å². The number of nitrogens with one attached hydrogen (secondary N) is 1. The molecule has 0 aliphatic carbocycles. The van der Waals surface area contributed by atoms with Gasteiger partial charge in [0.1, 0.15) is 5.69 Å². The van der Waals surface area contributed by atoms with Gasteiger partial charge in [-0.25, -0.2) is 5.43 Å². The second kappa shape index (κ2) is 7.20. The van der Waals surface area contributed by atoms with E-state index >= 15 is 0 Å². The summed E-state index contributed by atoms with van der Waals surface area (Å²) in [6, 6.07) is 8.55. The van der Waals surface area contributed by atoms with Crippen molar-refractivity contribution in [3.63, 3.8) is 0 Å². The number of nitrogens with zero attached hydrogens (tertiary/aromatic N) is 2. The summed E-state index contributed by atoms with van der Waals surface area (Å²) in [5.41, 5.74) is 4.45. The minimum absolute atomic E-state index is 0.312. The van der Waals surface area contributed by atoms with Crippen molar-refractivity contribution in [1.29, 1.82) is 0 Å². The minimum Gasteiger partial charge on any atom is -0.266 e. The molecule has 0 radical (unpaired) electrons. The molecule has 0 spiro atoms. The molecule has 108 valence electrons. The first-order valence-corrected chi connectivity index (χ1v) is 7.09. The van der Waals surface area contributed by atoms with E-state index in [1.807, 2.05) is 13.0 Å². The number of rotatable bonds is 4. The molecule has 1 amide bonds. The molecule has 2 aromatic rings. The molecule has 0 saturated heterocycles. The largest absolute Gasteiger partial charge is 0.289 e. The van der Waals surface area contributed by atoms with Crippen molar-refractivity contribution in [2.24, 2.45) is 5.10 Å². The van der Waals surface area contributed by atoms with E-state index < -0.39 is 0 Å². The molecule has 21 heavy (non-hydrogen) atoms. The van der Waals surface area contributed by atoms with Gasteiger partial charge in [-0.3, -0.25) is 9.78 Å². The van der Waals surface area contributed by atoms with E-state index in [-0.39, 0.29) is 5.91 Å². The maximum atomic E-state index is 11.8. The molecular weight excluding hydrogens is 309 g/mol. The number of carbonyl (C=O) groups is 1. The zero-order valence-electron chi connectivity index (χ0n) is 11.3. The number of aromatic nitrogens is 1. The molecule has 1 aromatic carbocycles. The van der Waals surface area contributed by atoms with E-state index in [1.165, 1.54) is 6.21 Å². The van der Waals surface area contributed by atoms with E-state index in [0.717, 1.165) is 12.0 Å². The summed E-state index contributed by atoms with van der Waals surface area (Å²) >= 11 is 11.8. The van der Waals surface area contributed by atoms with Gasteiger partial charge in [0.15, 0.2) is 0 Å². The molecule has 6 heteroatoms. The van der Waals surface area contributed by atoms with E-state index in [0.29, 0.717) is 21.3 Å². The van der Waals surface area contributed by atoms with Gasteiger partial charge >= 0.3 is 0 Å². The van der Waals surface area contributed by atoms with Gasteiger partial charge in [0, 0.05) is 16.8 Å². The number of amides is 1. The van der Waals surface area contributed by atoms with Crippen LogP contribution >= 0.6 is 23.2 Å². The van der Waals surface area contributed by atoms with Gasteiger partial charge in [0.25, 0.3) is 5.91 Å². The Balaban J connectivity index is 2.01. The van der Waals surface area contributed by atoms with Crippen LogP contribution in [0.3, 0.4) is 0 Å². The molecule has 0 saturated carbocycles. The molecule has 1 heterocycles. The third-order valence-electron chi connectivity index (χ3n) is 2.80. The lowest BCUT2D eigenvalue weighted by molar-refractivity contribution is 0.0950. The molecule has 1 N–H and O–H groups in total. The van der Waals surface area contributed by atoms with Crippen molar-refractivity contribution in [2.45, 2.75) is 13.3 Å². The lowest BCUT2D eigenvalue weighted by atomic mass is 10.2. The molecule has 2 rings (SSSR count). The molecule has 4 nitrogen and oxygen atoms in total. The molecule has 0 unspecified atom stereocenters. The molecule has 0 aliphatic heterocycles. The number of hydrazone groups is 1. The third kappa shape index (κ3) is 4.28. The minimum atomic E-state index is -0.376. The smallest absolute Gasteiger partial charge is 0.266 e. The molecule has 0 bridgehead atoms. The van der Waals surface area contributed by atoms with Crippen LogP contribution in [0.1, 0.15) is 28.5 Å². The Bertz CT molecular complexity index is 669. The highest BCUT2D eigenvalue weighted by Crippen LogP contribution is 2.19. The van der Waals surface area contributed by atoms with Crippen LogP contribution in [0.15, 0.2) is 41.6 Å². The van der Waals surface area contributed by atoms with Crippen LogP contribution in [-0.4, -0.2) is 17.1 Å². The first-order chi connectivity index (χ1) is 10.1. The number of pyridine rings is 1. The number of hydrogen-bond donors (Lipinski definition) is 1. The van der Waals surface area contributed by atoms with Crippen molar-refractivity contribution in [2.75, 3.05) is 0 Å². The van der Waals surface area contributed by atoms with Gasteiger partial charge in [0.05, 0.1) is 11.2 Å². The van der Waals surface area contributed by atoms with Gasteiger partial charge in [0.2, 0.25) is 0 Å². The molecule has 0 atom stereocenters. The Morgan fingerprint density at radius 1 is 1.33 bits per heavy atom. The lowest BCUT2D eigenvalue weighted by Crippen LogP contribution is -2.19. The normalized spacial score (nSPS) is 10.8. The number of carbonyl (C=O) groups excluding carboxylic acids is 1. The molecule has 1 aromatic heterocycles. The number of benzene rings is 1. The zero-order valence-corrected chi connectivity index (χ0v) is 12.8. The fraction of sp³-hybridized carbons (Fsp3) is 0.133. The maximum absolute atomic E-state index is 11.8. The summed E-state index contributed by atoms with van der Waals surface area (Å²) in [4.78, 5) is 15.9. The lowest BCUT2D eigenvalue weighted by Gasteiger charge is -2.01. The number of hydrogen-bond acceptors (Lipinski definition) is 3. The SMILES string of the molecule is CCc1ccc(C(=O)NN=Cc2ccc(Cl)cc2Cl)nc1. The Hall–Kier alpha value is -1.91. The molecule has 0 aliphatic rings. The molecular formula is C15H13Cl2N3O. The second-order valence-electron chi connectivity index (χ2n) is 4.27. The highest BCUT2D eigenvalue weighted by atomic mass is 35.5. The van der Waals surface area contributed by atoms with Crippen molar-refractivity contribution >= 4 is 35.3 Å². The first kappa shape index (κ1) is 15.5. The van der Waals surface area contributed by atoms with Crippen LogP contribution < -0.4 is 5.43 Å². The van der Waals surface area contributed by atoms with E-state index in [9.17, 15) is 4.79 Å². The predicted octanol–water partition coefficient (Wildman–Crippen LogP) is 3.71. The monoisotopic (exact) mass is 321 g/mol. The number of halogens is 2. The summed E-state index contributed by atoms with van der Waals surface area (Å²) in [5, 5.41) is 4.87. The second-order valence-corrected chi connectivity index (χ2v) is 5.11. The third-order valence-corrected chi connectivity index (χ3v) is 3.36. The highest BCUT2D eigenvalue weighted by molar-refractivity contribution is 6.36. The van der Waals surface area contributed by atoms with Crippen molar-refractivity contribution < 1.29 is 4.79 Å². The Morgan fingerprint density at radius 2 is 2.14 bits per heavy atom. The van der Waals surface area contributed by atoms with Crippen LogP contribution in [0.4, 0.5) is 0 Å². The topological polar surface area (TPSA) is 54.4 Å². The van der Waals surface area contributed by atoms with Crippen LogP contribution in [0.25, 0.3) is 0 Å². The summed E-state index contributed by atoms with van der Waals surface area (Å²) in [5.74, 6) is -0.376. The summed E-state index contributed by atoms with van der Waals surface area (Å²) in [7, 11) is 0. The Kier molecular flexibility index (Phi) is 5.31. The van der Waals surface area contributed by atoms with Gasteiger partial charge in [-0.2, -0.15) is 5.10 Å². The first-order valence-electron chi connectivity index (χ1n) is 6.33. The maximum Gasteiger partial charge on any atom is 0.289 e. The van der Waals surface area contributed by atoms with E-state index in [2.05, 4.69) is 15.5 Å². The zero-order chi connectivity index (χ0) is 15.2. The van der Waals surface area contributed by atoms with E-state index in [1.54, 1.807) is 30.5 Å². The fourth-order valence-electron chi connectivity index (χ4n) is 1.59. The van der Waals surface area contributed by atoms with Gasteiger partial charge < -0.3 is 0 Å². The van der Waals surface area contributed by atoms with Crippen LogP contribution in [-0.2, 0) is 6.42 Å². The summed E-state index contributed by atoms with van der Waals surface area (Å²) in [6.45, 7) is 2.02. The van der Waals surface area contributed by atoms with Gasteiger partial charge in [-0.15, -0.1) is 0 Å². The van der Waals surface area contributed by atoms with Crippen molar-refractivity contribution in [1.82, 2.24) is 10.4 Å². The average molecular weight is 322 g/mol. The fourth-order valence-corrected chi connectivity index (χ4v) is 2.05. The predicted molar refractivity (Wildman–Crippen MR) is 85.1 cm³/mol. The standard InChI is InChI=1S/C15H13Cl2N3O/c1-2-10-3-6-14(18-8-10)15(21)20-19-9-11-4-5-12(16)7-13(11)17/h3-9H,2H2,1H3,(H,20,21). The Morgan fingerprint density at radius 3 is 2.76 bits per heavy atom. The Labute approximate surface area is 132 Å². The van der Waals surface area contributed by atoms with Crippen molar-refractivity contribution in [3.05, 3.63) is 63.4 Å².